The molecule has 0 unspecified atom stereocenters. The first-order valence-corrected chi connectivity index (χ1v) is 5.57. The predicted molar refractivity (Wildman–Crippen MR) is 68.5 cm³/mol. The molecule has 0 aliphatic carbocycles. The predicted octanol–water partition coefficient (Wildman–Crippen LogP) is 2.07. The molecule has 0 aliphatic rings. The Balaban J connectivity index is 2.22. The van der Waals surface area contributed by atoms with Crippen LogP contribution in [0.2, 0.25) is 0 Å². The number of nitrogen functional groups attached to an aromatic ring is 1. The van der Waals surface area contributed by atoms with Gasteiger partial charge in [-0.25, -0.2) is 9.97 Å². The number of nitrogens with zero attached hydrogens (tertiary/aromatic N) is 2. The van der Waals surface area contributed by atoms with Gasteiger partial charge in [0.15, 0.2) is 0 Å². The Morgan fingerprint density at radius 1 is 1.29 bits per heavy atom. The topological polar surface area (TPSA) is 80.9 Å². The molecule has 0 aliphatic heterocycles. The largest absolute Gasteiger partial charge is 0.399 e. The van der Waals surface area contributed by atoms with E-state index in [1.165, 1.54) is 18.7 Å². The molecule has 0 atom stereocenters. The first-order valence-electron chi connectivity index (χ1n) is 4.78. The van der Waals surface area contributed by atoms with Gasteiger partial charge in [0.1, 0.15) is 6.33 Å². The van der Waals surface area contributed by atoms with Crippen molar-refractivity contribution in [2.75, 3.05) is 11.1 Å². The Hall–Kier alpha value is -1.95. The fourth-order valence-corrected chi connectivity index (χ4v) is 1.60. The van der Waals surface area contributed by atoms with Gasteiger partial charge in [0, 0.05) is 22.6 Å². The van der Waals surface area contributed by atoms with E-state index in [0.29, 0.717) is 16.9 Å². The number of carbonyl (C=O) groups excluding carboxylic acids is 1. The summed E-state index contributed by atoms with van der Waals surface area (Å²) in [6.45, 7) is 0. The van der Waals surface area contributed by atoms with Crippen molar-refractivity contribution >= 4 is 33.2 Å². The lowest BCUT2D eigenvalue weighted by molar-refractivity contribution is 0.102. The number of hydrogen-bond acceptors (Lipinski definition) is 4. The van der Waals surface area contributed by atoms with Gasteiger partial charge < -0.3 is 11.1 Å². The molecule has 1 aromatic carbocycles. The van der Waals surface area contributed by atoms with E-state index in [1.807, 2.05) is 0 Å². The molecule has 0 saturated heterocycles. The van der Waals surface area contributed by atoms with Gasteiger partial charge in [-0.1, -0.05) is 0 Å². The molecule has 1 aromatic heterocycles. The van der Waals surface area contributed by atoms with Gasteiger partial charge in [0.25, 0.3) is 5.91 Å². The summed E-state index contributed by atoms with van der Waals surface area (Å²) in [7, 11) is 0. The fraction of sp³-hybridized carbons (Fsp3) is 0. The molecular formula is C11H9BrN4O. The van der Waals surface area contributed by atoms with Crippen LogP contribution in [0.5, 0.6) is 0 Å². The summed E-state index contributed by atoms with van der Waals surface area (Å²) < 4.78 is 0.761. The number of halogens is 1. The SMILES string of the molecule is Nc1ccc(Br)c(NC(=O)c2cncnc2)c1. The lowest BCUT2D eigenvalue weighted by atomic mass is 10.2. The maximum atomic E-state index is 11.8. The van der Waals surface area contributed by atoms with Crippen LogP contribution < -0.4 is 11.1 Å². The lowest BCUT2D eigenvalue weighted by Crippen LogP contribution is -2.13. The minimum Gasteiger partial charge on any atom is -0.399 e. The molecule has 2 aromatic rings. The normalized spacial score (nSPS) is 9.94. The van der Waals surface area contributed by atoms with Gasteiger partial charge in [-0.3, -0.25) is 4.79 Å². The molecule has 0 spiro atoms. The number of carbonyl (C=O) groups is 1. The summed E-state index contributed by atoms with van der Waals surface area (Å²) in [5, 5.41) is 2.72. The average molecular weight is 293 g/mol. The molecule has 0 saturated carbocycles. The molecular weight excluding hydrogens is 284 g/mol. The zero-order valence-corrected chi connectivity index (χ0v) is 10.3. The van der Waals surface area contributed by atoms with Crippen molar-refractivity contribution in [1.29, 1.82) is 0 Å². The Kier molecular flexibility index (Phi) is 3.34. The van der Waals surface area contributed by atoms with E-state index in [0.717, 1.165) is 4.47 Å². The molecule has 3 N–H and O–H groups in total. The molecule has 86 valence electrons. The van der Waals surface area contributed by atoms with E-state index in [2.05, 4.69) is 31.2 Å². The molecule has 0 bridgehead atoms. The second-order valence-corrected chi connectivity index (χ2v) is 4.17. The van der Waals surface area contributed by atoms with Crippen molar-refractivity contribution in [2.45, 2.75) is 0 Å². The number of rotatable bonds is 2. The summed E-state index contributed by atoms with van der Waals surface area (Å²) in [5.41, 5.74) is 7.22. The third kappa shape index (κ3) is 2.79. The highest BCUT2D eigenvalue weighted by Crippen LogP contribution is 2.24. The highest BCUT2D eigenvalue weighted by molar-refractivity contribution is 9.10. The summed E-state index contributed by atoms with van der Waals surface area (Å²) in [5.74, 6) is -0.281. The Morgan fingerprint density at radius 3 is 2.71 bits per heavy atom. The van der Waals surface area contributed by atoms with Crippen molar-refractivity contribution in [3.05, 3.63) is 47.0 Å². The van der Waals surface area contributed by atoms with Crippen LogP contribution in [0.1, 0.15) is 10.4 Å². The van der Waals surface area contributed by atoms with Gasteiger partial charge in [-0.2, -0.15) is 0 Å². The van der Waals surface area contributed by atoms with Crippen LogP contribution in [-0.2, 0) is 0 Å². The van der Waals surface area contributed by atoms with E-state index in [1.54, 1.807) is 18.2 Å². The second kappa shape index (κ2) is 4.92. The van der Waals surface area contributed by atoms with E-state index < -0.39 is 0 Å². The maximum absolute atomic E-state index is 11.8. The zero-order chi connectivity index (χ0) is 12.3. The van der Waals surface area contributed by atoms with Crippen molar-refractivity contribution in [2.24, 2.45) is 0 Å². The summed E-state index contributed by atoms with van der Waals surface area (Å²) >= 11 is 3.33. The van der Waals surface area contributed by atoms with E-state index in [-0.39, 0.29) is 5.91 Å². The van der Waals surface area contributed by atoms with Crippen LogP contribution in [0.4, 0.5) is 11.4 Å². The van der Waals surface area contributed by atoms with Crippen molar-refractivity contribution in [1.82, 2.24) is 9.97 Å². The molecule has 0 radical (unpaired) electrons. The number of nitrogens with one attached hydrogen (secondary N) is 1. The number of benzene rings is 1. The first kappa shape index (κ1) is 11.5. The number of hydrogen-bond donors (Lipinski definition) is 2. The van der Waals surface area contributed by atoms with Crippen LogP contribution in [0.25, 0.3) is 0 Å². The zero-order valence-electron chi connectivity index (χ0n) is 8.72. The molecule has 1 heterocycles. The fourth-order valence-electron chi connectivity index (χ4n) is 1.25. The van der Waals surface area contributed by atoms with E-state index in [9.17, 15) is 4.79 Å². The second-order valence-electron chi connectivity index (χ2n) is 3.32. The number of nitrogens with two attached hydrogens (primary N) is 1. The molecule has 0 fully saturated rings. The molecule has 6 heteroatoms. The maximum Gasteiger partial charge on any atom is 0.258 e. The highest BCUT2D eigenvalue weighted by Gasteiger charge is 2.08. The third-order valence-electron chi connectivity index (χ3n) is 2.06. The monoisotopic (exact) mass is 292 g/mol. The van der Waals surface area contributed by atoms with Gasteiger partial charge in [-0.15, -0.1) is 0 Å². The van der Waals surface area contributed by atoms with Gasteiger partial charge in [-0.05, 0) is 34.1 Å². The Bertz CT molecular complexity index is 544. The Morgan fingerprint density at radius 2 is 2.00 bits per heavy atom. The third-order valence-corrected chi connectivity index (χ3v) is 2.75. The van der Waals surface area contributed by atoms with Crippen LogP contribution >= 0.6 is 15.9 Å². The lowest BCUT2D eigenvalue weighted by Gasteiger charge is -2.07. The number of anilines is 2. The van der Waals surface area contributed by atoms with Crippen LogP contribution in [-0.4, -0.2) is 15.9 Å². The van der Waals surface area contributed by atoms with Crippen molar-refractivity contribution in [3.63, 3.8) is 0 Å². The summed E-state index contributed by atoms with van der Waals surface area (Å²) in [6, 6.07) is 5.18. The Labute approximate surface area is 106 Å². The highest BCUT2D eigenvalue weighted by atomic mass is 79.9. The standard InChI is InChI=1S/C11H9BrN4O/c12-9-2-1-8(13)3-10(9)16-11(17)7-4-14-6-15-5-7/h1-6H,13H2,(H,16,17). The van der Waals surface area contributed by atoms with E-state index >= 15 is 0 Å². The summed E-state index contributed by atoms with van der Waals surface area (Å²) in [4.78, 5) is 19.4. The first-order chi connectivity index (χ1) is 8.16. The van der Waals surface area contributed by atoms with Crippen LogP contribution in [0, 0.1) is 0 Å². The van der Waals surface area contributed by atoms with Gasteiger partial charge >= 0.3 is 0 Å². The number of amides is 1. The van der Waals surface area contributed by atoms with Gasteiger partial charge in [0.2, 0.25) is 0 Å². The van der Waals surface area contributed by atoms with Gasteiger partial charge in [0.05, 0.1) is 11.3 Å². The minimum absolute atomic E-state index is 0.281. The molecule has 5 nitrogen and oxygen atoms in total. The van der Waals surface area contributed by atoms with E-state index in [4.69, 9.17) is 5.73 Å². The average Bonchev–Trinajstić information content (AvgIpc) is 2.35. The number of aromatic nitrogens is 2. The van der Waals surface area contributed by atoms with Crippen LogP contribution in [0.3, 0.4) is 0 Å². The molecule has 1 amide bonds. The summed E-state index contributed by atoms with van der Waals surface area (Å²) in [6.07, 6.45) is 4.26. The molecule has 17 heavy (non-hydrogen) atoms. The minimum atomic E-state index is -0.281. The van der Waals surface area contributed by atoms with Crippen LogP contribution in [0.15, 0.2) is 41.4 Å². The van der Waals surface area contributed by atoms with Crippen molar-refractivity contribution < 1.29 is 4.79 Å². The quantitative estimate of drug-likeness (QED) is 0.831. The molecule has 2 rings (SSSR count). The smallest absolute Gasteiger partial charge is 0.258 e. The van der Waals surface area contributed by atoms with Crippen molar-refractivity contribution in [3.8, 4) is 0 Å².